The van der Waals surface area contributed by atoms with Crippen molar-refractivity contribution in [2.75, 3.05) is 31.1 Å². The van der Waals surface area contributed by atoms with Crippen molar-refractivity contribution in [3.05, 3.63) is 29.6 Å². The van der Waals surface area contributed by atoms with Gasteiger partial charge < -0.3 is 10.6 Å². The number of rotatable bonds is 3. The molecule has 1 heterocycles. The topological polar surface area (TPSA) is 32.5 Å². The lowest BCUT2D eigenvalue weighted by atomic mass is 10.1. The highest BCUT2D eigenvalue weighted by atomic mass is 19.1. The number of benzene rings is 1. The summed E-state index contributed by atoms with van der Waals surface area (Å²) in [5.74, 6) is -0.181. The molecule has 1 aliphatic heterocycles. The van der Waals surface area contributed by atoms with E-state index in [0.717, 1.165) is 37.9 Å². The lowest BCUT2D eigenvalue weighted by molar-refractivity contribution is 0.248. The predicted octanol–water partition coefficient (Wildman–Crippen LogP) is 1.57. The quantitative estimate of drug-likeness (QED) is 0.882. The van der Waals surface area contributed by atoms with Crippen LogP contribution in [0.15, 0.2) is 18.2 Å². The van der Waals surface area contributed by atoms with Crippen LogP contribution >= 0.6 is 0 Å². The predicted molar refractivity (Wildman–Crippen MR) is 71.1 cm³/mol. The number of anilines is 1. The Morgan fingerprint density at radius 3 is 2.44 bits per heavy atom. The monoisotopic (exact) mass is 249 g/mol. The van der Waals surface area contributed by atoms with E-state index in [-0.39, 0.29) is 12.4 Å². The molecule has 1 aliphatic carbocycles. The Labute approximate surface area is 107 Å². The van der Waals surface area contributed by atoms with Gasteiger partial charge in [0.05, 0.1) is 0 Å². The third-order valence-electron chi connectivity index (χ3n) is 4.00. The second kappa shape index (κ2) is 4.86. The normalized spacial score (nSPS) is 21.3. The minimum absolute atomic E-state index is 0.181. The molecule has 0 unspecified atom stereocenters. The largest absolute Gasteiger partial charge is 0.369 e. The highest BCUT2D eigenvalue weighted by molar-refractivity contribution is 5.48. The molecule has 1 saturated heterocycles. The summed E-state index contributed by atoms with van der Waals surface area (Å²) in [4.78, 5) is 4.82. The van der Waals surface area contributed by atoms with Gasteiger partial charge in [-0.2, -0.15) is 0 Å². The van der Waals surface area contributed by atoms with Gasteiger partial charge in [0.25, 0.3) is 0 Å². The Bertz CT molecular complexity index is 423. The Balaban J connectivity index is 1.66. The summed E-state index contributed by atoms with van der Waals surface area (Å²) in [6.45, 7) is 4.47. The van der Waals surface area contributed by atoms with E-state index in [1.165, 1.54) is 12.8 Å². The number of nitrogens with zero attached hydrogens (tertiary/aromatic N) is 2. The van der Waals surface area contributed by atoms with Crippen LogP contribution in [0.2, 0.25) is 0 Å². The molecule has 4 heteroatoms. The zero-order valence-corrected chi connectivity index (χ0v) is 10.6. The second-order valence-electron chi connectivity index (χ2n) is 5.23. The Morgan fingerprint density at radius 2 is 1.89 bits per heavy atom. The van der Waals surface area contributed by atoms with E-state index >= 15 is 0 Å². The molecule has 1 aromatic rings. The summed E-state index contributed by atoms with van der Waals surface area (Å²) in [6, 6.07) is 6.24. The molecule has 0 bridgehead atoms. The number of halogens is 1. The van der Waals surface area contributed by atoms with Crippen molar-refractivity contribution in [1.29, 1.82) is 0 Å². The lowest BCUT2D eigenvalue weighted by Gasteiger charge is -2.36. The third kappa shape index (κ3) is 2.35. The van der Waals surface area contributed by atoms with E-state index in [2.05, 4.69) is 9.80 Å². The SMILES string of the molecule is NCc1ccc(N2CCN(C3CC3)CC2)cc1F. The molecule has 0 aromatic heterocycles. The van der Waals surface area contributed by atoms with Crippen molar-refractivity contribution < 1.29 is 4.39 Å². The van der Waals surface area contributed by atoms with Gasteiger partial charge in [-0.05, 0) is 25.0 Å². The fourth-order valence-electron chi connectivity index (χ4n) is 2.68. The van der Waals surface area contributed by atoms with Gasteiger partial charge in [-0.25, -0.2) is 4.39 Å². The number of hydrogen-bond donors (Lipinski definition) is 1. The molecule has 0 atom stereocenters. The van der Waals surface area contributed by atoms with Crippen LogP contribution in [0.5, 0.6) is 0 Å². The fraction of sp³-hybridized carbons (Fsp3) is 0.571. The van der Waals surface area contributed by atoms with Crippen molar-refractivity contribution in [2.45, 2.75) is 25.4 Å². The van der Waals surface area contributed by atoms with Gasteiger partial charge in [0.1, 0.15) is 5.82 Å². The minimum Gasteiger partial charge on any atom is -0.369 e. The van der Waals surface area contributed by atoms with Crippen LogP contribution in [-0.4, -0.2) is 37.1 Å². The van der Waals surface area contributed by atoms with Crippen molar-refractivity contribution >= 4 is 5.69 Å². The van der Waals surface area contributed by atoms with Crippen LogP contribution in [0.3, 0.4) is 0 Å². The first-order chi connectivity index (χ1) is 8.78. The van der Waals surface area contributed by atoms with Gasteiger partial charge in [0.15, 0.2) is 0 Å². The van der Waals surface area contributed by atoms with Crippen molar-refractivity contribution in [2.24, 2.45) is 5.73 Å². The summed E-state index contributed by atoms with van der Waals surface area (Å²) >= 11 is 0. The van der Waals surface area contributed by atoms with Crippen LogP contribution in [0.1, 0.15) is 18.4 Å². The van der Waals surface area contributed by atoms with Crippen molar-refractivity contribution in [3.8, 4) is 0 Å². The standard InChI is InChI=1S/C14H20FN3/c15-14-9-13(2-1-11(14)10-16)18-7-5-17(6-8-18)12-3-4-12/h1-2,9,12H,3-8,10,16H2. The summed E-state index contributed by atoms with van der Waals surface area (Å²) in [5.41, 5.74) is 7.06. The van der Waals surface area contributed by atoms with Gasteiger partial charge in [-0.3, -0.25) is 4.90 Å². The molecular weight excluding hydrogens is 229 g/mol. The molecule has 1 aromatic carbocycles. The van der Waals surface area contributed by atoms with Gasteiger partial charge >= 0.3 is 0 Å². The van der Waals surface area contributed by atoms with Crippen LogP contribution in [-0.2, 0) is 6.54 Å². The van der Waals surface area contributed by atoms with Gasteiger partial charge in [0, 0.05) is 50.0 Å². The first kappa shape index (κ1) is 11.9. The molecule has 2 aliphatic rings. The van der Waals surface area contributed by atoms with Crippen LogP contribution in [0.25, 0.3) is 0 Å². The molecule has 0 spiro atoms. The van der Waals surface area contributed by atoms with Crippen molar-refractivity contribution in [3.63, 3.8) is 0 Å². The van der Waals surface area contributed by atoms with Crippen LogP contribution in [0.4, 0.5) is 10.1 Å². The minimum atomic E-state index is -0.181. The molecule has 0 radical (unpaired) electrons. The first-order valence-corrected chi connectivity index (χ1v) is 6.75. The number of nitrogens with two attached hydrogens (primary N) is 1. The van der Waals surface area contributed by atoms with E-state index in [0.29, 0.717) is 5.56 Å². The fourth-order valence-corrected chi connectivity index (χ4v) is 2.68. The lowest BCUT2D eigenvalue weighted by Crippen LogP contribution is -2.47. The molecule has 3 rings (SSSR count). The summed E-state index contributed by atoms with van der Waals surface area (Å²) in [6.07, 6.45) is 2.72. The second-order valence-corrected chi connectivity index (χ2v) is 5.23. The molecule has 2 fully saturated rings. The molecule has 18 heavy (non-hydrogen) atoms. The summed E-state index contributed by atoms with van der Waals surface area (Å²) < 4.78 is 13.7. The van der Waals surface area contributed by atoms with E-state index in [1.807, 2.05) is 6.07 Å². The molecule has 1 saturated carbocycles. The maximum atomic E-state index is 13.7. The molecule has 98 valence electrons. The van der Waals surface area contributed by atoms with E-state index in [9.17, 15) is 4.39 Å². The number of hydrogen-bond acceptors (Lipinski definition) is 3. The maximum absolute atomic E-state index is 13.7. The Morgan fingerprint density at radius 1 is 1.17 bits per heavy atom. The van der Waals surface area contributed by atoms with Crippen LogP contribution < -0.4 is 10.6 Å². The van der Waals surface area contributed by atoms with E-state index < -0.39 is 0 Å². The summed E-state index contributed by atoms with van der Waals surface area (Å²) in [7, 11) is 0. The Kier molecular flexibility index (Phi) is 3.22. The molecule has 2 N–H and O–H groups in total. The van der Waals surface area contributed by atoms with E-state index in [4.69, 9.17) is 5.73 Å². The third-order valence-corrected chi connectivity index (χ3v) is 4.00. The average Bonchev–Trinajstić information content (AvgIpc) is 3.23. The van der Waals surface area contributed by atoms with Gasteiger partial charge in [-0.1, -0.05) is 6.07 Å². The zero-order valence-electron chi connectivity index (χ0n) is 10.6. The van der Waals surface area contributed by atoms with Crippen molar-refractivity contribution in [1.82, 2.24) is 4.90 Å². The summed E-state index contributed by atoms with van der Waals surface area (Å²) in [5, 5.41) is 0. The first-order valence-electron chi connectivity index (χ1n) is 6.75. The highest BCUT2D eigenvalue weighted by Gasteiger charge is 2.31. The van der Waals surface area contributed by atoms with E-state index in [1.54, 1.807) is 12.1 Å². The number of piperazine rings is 1. The smallest absolute Gasteiger partial charge is 0.129 e. The Hall–Kier alpha value is -1.13. The zero-order chi connectivity index (χ0) is 12.5. The molecule has 0 amide bonds. The molecular formula is C14H20FN3. The van der Waals surface area contributed by atoms with Gasteiger partial charge in [0.2, 0.25) is 0 Å². The average molecular weight is 249 g/mol. The molecule has 3 nitrogen and oxygen atoms in total. The van der Waals surface area contributed by atoms with Gasteiger partial charge in [-0.15, -0.1) is 0 Å². The van der Waals surface area contributed by atoms with Crippen LogP contribution in [0, 0.1) is 5.82 Å². The highest BCUT2D eigenvalue weighted by Crippen LogP contribution is 2.28. The maximum Gasteiger partial charge on any atom is 0.129 e.